The molecule has 0 radical (unpaired) electrons. The summed E-state index contributed by atoms with van der Waals surface area (Å²) in [4.78, 5) is 4.92. The molecule has 0 aliphatic rings. The summed E-state index contributed by atoms with van der Waals surface area (Å²) in [5.41, 5.74) is 25.3. The molecule has 0 aliphatic carbocycles. The van der Waals surface area contributed by atoms with Gasteiger partial charge in [-0.05, 0) is 208 Å². The Bertz CT molecular complexity index is 5070. The summed E-state index contributed by atoms with van der Waals surface area (Å²) in [5, 5.41) is 7.20. The van der Waals surface area contributed by atoms with Gasteiger partial charge in [0.1, 0.15) is 0 Å². The zero-order chi connectivity index (χ0) is 59.7. The van der Waals surface area contributed by atoms with E-state index in [4.69, 9.17) is 0 Å². The van der Waals surface area contributed by atoms with E-state index in [0.29, 0.717) is 0 Å². The Morgan fingerprint density at radius 2 is 0.389 bits per heavy atom. The van der Waals surface area contributed by atoms with E-state index in [2.05, 4.69) is 374 Å². The average molecular weight is 1150 g/mol. The number of hydrogen-bond acceptors (Lipinski definition) is 2. The van der Waals surface area contributed by atoms with Gasteiger partial charge in [-0.3, -0.25) is 0 Å². The summed E-state index contributed by atoms with van der Waals surface area (Å²) in [6, 6.07) is 133. The van der Waals surface area contributed by atoms with Crippen molar-refractivity contribution >= 4 is 66.4 Å². The molecule has 0 spiro atoms. The minimum atomic E-state index is 1.07. The molecule has 0 aliphatic heterocycles. The highest BCUT2D eigenvalue weighted by molar-refractivity contribution is 6.28. The van der Waals surface area contributed by atoms with E-state index in [1.54, 1.807) is 0 Å². The van der Waals surface area contributed by atoms with Crippen LogP contribution in [0.3, 0.4) is 0 Å². The van der Waals surface area contributed by atoms with Gasteiger partial charge in [-0.15, -0.1) is 0 Å². The second-order valence-corrected chi connectivity index (χ2v) is 23.3. The highest BCUT2D eigenvalue weighted by Gasteiger charge is 2.23. The van der Waals surface area contributed by atoms with Gasteiger partial charge in [0.25, 0.3) is 0 Å². The van der Waals surface area contributed by atoms with Crippen molar-refractivity contribution in [3.8, 4) is 89.0 Å². The molecule has 0 heterocycles. The first-order chi connectivity index (χ1) is 44.6. The van der Waals surface area contributed by atoms with Crippen LogP contribution in [0.1, 0.15) is 0 Å². The zero-order valence-corrected chi connectivity index (χ0v) is 49.5. The fraction of sp³-hybridized carbons (Fsp3) is 0. The molecule has 0 bridgehead atoms. The number of rotatable bonds is 14. The molecule has 0 fully saturated rings. The van der Waals surface area contributed by atoms with Crippen molar-refractivity contribution in [2.24, 2.45) is 0 Å². The molecule has 2 heteroatoms. The van der Waals surface area contributed by atoms with Gasteiger partial charge in [0.05, 0.1) is 11.4 Å². The lowest BCUT2D eigenvalue weighted by atomic mass is 9.91. The second-order valence-electron chi connectivity index (χ2n) is 23.3. The number of nitrogens with zero attached hydrogens (tertiary/aromatic N) is 2. The first-order valence-electron chi connectivity index (χ1n) is 30.9. The van der Waals surface area contributed by atoms with Gasteiger partial charge in [-0.1, -0.05) is 267 Å². The van der Waals surface area contributed by atoms with E-state index in [9.17, 15) is 0 Å². The van der Waals surface area contributed by atoms with Crippen LogP contribution in [0, 0.1) is 0 Å². The maximum Gasteiger partial charge on any atom is 0.0540 e. The summed E-state index contributed by atoms with van der Waals surface area (Å²) >= 11 is 0. The lowest BCUT2D eigenvalue weighted by Gasteiger charge is -2.30. The van der Waals surface area contributed by atoms with Crippen molar-refractivity contribution < 1.29 is 0 Å². The van der Waals surface area contributed by atoms with Gasteiger partial charge in [0, 0.05) is 33.5 Å². The lowest BCUT2D eigenvalue weighted by molar-refractivity contribution is 1.30. The van der Waals surface area contributed by atoms with Gasteiger partial charge < -0.3 is 9.80 Å². The van der Waals surface area contributed by atoms with E-state index in [-0.39, 0.29) is 0 Å². The third kappa shape index (κ3) is 10.3. The summed E-state index contributed by atoms with van der Waals surface area (Å²) in [5.74, 6) is 0. The first-order valence-corrected chi connectivity index (χ1v) is 30.9. The van der Waals surface area contributed by atoms with E-state index < -0.39 is 0 Å². The lowest BCUT2D eigenvalue weighted by Crippen LogP contribution is -2.11. The molecule has 422 valence electrons. The third-order valence-electron chi connectivity index (χ3n) is 17.7. The van der Waals surface area contributed by atoms with Gasteiger partial charge in [-0.25, -0.2) is 0 Å². The maximum atomic E-state index is 2.46. The smallest absolute Gasteiger partial charge is 0.0540 e. The molecule has 2 nitrogen and oxygen atoms in total. The molecule has 90 heavy (non-hydrogen) atoms. The minimum absolute atomic E-state index is 1.07. The maximum absolute atomic E-state index is 2.46. The van der Waals surface area contributed by atoms with Crippen LogP contribution in [-0.2, 0) is 0 Å². The van der Waals surface area contributed by atoms with Crippen LogP contribution >= 0.6 is 0 Å². The summed E-state index contributed by atoms with van der Waals surface area (Å²) < 4.78 is 0. The van der Waals surface area contributed by atoms with E-state index in [1.165, 1.54) is 99.1 Å². The van der Waals surface area contributed by atoms with Crippen molar-refractivity contribution in [2.75, 3.05) is 9.80 Å². The normalized spacial score (nSPS) is 11.3. The van der Waals surface area contributed by atoms with Crippen molar-refractivity contribution in [3.63, 3.8) is 0 Å². The summed E-state index contributed by atoms with van der Waals surface area (Å²) in [6.45, 7) is 0. The number of hydrogen-bond donors (Lipinski definition) is 0. The van der Waals surface area contributed by atoms with Crippen LogP contribution in [0.25, 0.3) is 121 Å². The van der Waals surface area contributed by atoms with Crippen LogP contribution in [0.5, 0.6) is 0 Å². The highest BCUT2D eigenvalue weighted by atomic mass is 15.1. The number of benzene rings is 16. The Morgan fingerprint density at radius 1 is 0.144 bits per heavy atom. The Kier molecular flexibility index (Phi) is 14.0. The van der Waals surface area contributed by atoms with Crippen molar-refractivity contribution in [1.82, 2.24) is 0 Å². The van der Waals surface area contributed by atoms with Crippen molar-refractivity contribution in [3.05, 3.63) is 364 Å². The van der Waals surface area contributed by atoms with Gasteiger partial charge >= 0.3 is 0 Å². The standard InChI is InChI=1S/C88H60N2/c1-7-21-61(22-8-1)67-37-45-79(46-38-67)90(82-36-20-34-72(60-82)78-57-75(65-29-15-5-16-30-65)54-76(58-78)66-31-17-6-18-32-66)86-52-44-70-41-49-83-85(51-43-69-42-50-84(86)88(70)87(69)83)89(81-35-19-33-71(59-81)62-23-9-2-10-24-62)80-47-39-68(40-48-80)77-55-73(63-25-11-3-12-26-63)53-74(56-77)64-27-13-4-14-28-64/h1-60H. The SMILES string of the molecule is c1ccc(-c2ccc(N(c3cccc(-c4cc(-c5ccccc5)cc(-c5ccccc5)c4)c3)c3ccc4ccc5c(N(c6ccc(-c7cc(-c8ccccc8)cc(-c8ccccc8)c7)cc6)c6cccc(-c7ccccc7)c6)ccc6ccc3c4c65)cc2)cc1. The third-order valence-corrected chi connectivity index (χ3v) is 17.7. The largest absolute Gasteiger partial charge is 0.310 e. The fourth-order valence-electron chi connectivity index (χ4n) is 13.3. The fourth-order valence-corrected chi connectivity index (χ4v) is 13.3. The molecule has 16 rings (SSSR count). The molecule has 0 saturated heterocycles. The molecular formula is C88H60N2. The quantitative estimate of drug-likeness (QED) is 0.100. The van der Waals surface area contributed by atoms with E-state index in [0.717, 1.165) is 56.4 Å². The van der Waals surface area contributed by atoms with Gasteiger partial charge in [0.15, 0.2) is 0 Å². The Balaban J connectivity index is 0.860. The van der Waals surface area contributed by atoms with Crippen molar-refractivity contribution in [2.45, 2.75) is 0 Å². The average Bonchev–Trinajstić information content (AvgIpc) is 0.791. The molecule has 0 saturated carbocycles. The first kappa shape index (κ1) is 53.6. The Morgan fingerprint density at radius 3 is 0.722 bits per heavy atom. The topological polar surface area (TPSA) is 6.48 Å². The van der Waals surface area contributed by atoms with Crippen LogP contribution < -0.4 is 9.80 Å². The molecule has 0 aromatic heterocycles. The Hall–Kier alpha value is -11.8. The van der Waals surface area contributed by atoms with Crippen LogP contribution in [0.4, 0.5) is 34.1 Å². The Labute approximate surface area is 526 Å². The van der Waals surface area contributed by atoms with E-state index in [1.807, 2.05) is 0 Å². The van der Waals surface area contributed by atoms with Crippen LogP contribution in [0.2, 0.25) is 0 Å². The van der Waals surface area contributed by atoms with E-state index >= 15 is 0 Å². The molecule has 16 aromatic rings. The van der Waals surface area contributed by atoms with Gasteiger partial charge in [0.2, 0.25) is 0 Å². The number of anilines is 6. The molecule has 0 amide bonds. The highest BCUT2D eigenvalue weighted by Crippen LogP contribution is 2.49. The van der Waals surface area contributed by atoms with Crippen molar-refractivity contribution in [1.29, 1.82) is 0 Å². The molecular weight excluding hydrogens is 1080 g/mol. The molecule has 0 N–H and O–H groups in total. The predicted molar refractivity (Wildman–Crippen MR) is 383 cm³/mol. The summed E-state index contributed by atoms with van der Waals surface area (Å²) in [6.07, 6.45) is 0. The second kappa shape index (κ2) is 23.4. The predicted octanol–water partition coefficient (Wildman–Crippen LogP) is 24.9. The monoisotopic (exact) mass is 1140 g/mol. The zero-order valence-electron chi connectivity index (χ0n) is 49.5. The van der Waals surface area contributed by atoms with Crippen LogP contribution in [0.15, 0.2) is 364 Å². The summed E-state index contributed by atoms with van der Waals surface area (Å²) in [7, 11) is 0. The molecule has 0 unspecified atom stereocenters. The molecule has 0 atom stereocenters. The minimum Gasteiger partial charge on any atom is -0.310 e. The van der Waals surface area contributed by atoms with Gasteiger partial charge in [-0.2, -0.15) is 0 Å². The molecule has 16 aromatic carbocycles. The van der Waals surface area contributed by atoms with Crippen LogP contribution in [-0.4, -0.2) is 0 Å².